The van der Waals surface area contributed by atoms with E-state index in [-0.39, 0.29) is 29.7 Å². The highest BCUT2D eigenvalue weighted by molar-refractivity contribution is 5.83. The Morgan fingerprint density at radius 3 is 2.70 bits per heavy atom. The van der Waals surface area contributed by atoms with Crippen LogP contribution in [0.5, 0.6) is 5.75 Å². The molecule has 6 nitrogen and oxygen atoms in total. The first-order chi connectivity index (χ1) is 12.9. The number of rotatable bonds is 5. The predicted molar refractivity (Wildman–Crippen MR) is 106 cm³/mol. The monoisotopic (exact) mass is 374 g/mol. The van der Waals surface area contributed by atoms with E-state index < -0.39 is 11.0 Å². The molecule has 2 unspecified atom stereocenters. The Balaban J connectivity index is 0.00000126. The topological polar surface area (TPSA) is 99.0 Å². The third-order valence-corrected chi connectivity index (χ3v) is 6.04. The van der Waals surface area contributed by atoms with Crippen molar-refractivity contribution >= 4 is 11.5 Å². The molecule has 0 spiro atoms. The molecule has 0 amide bonds. The second-order valence-corrected chi connectivity index (χ2v) is 7.09. The number of nitrogens with one attached hydrogen (secondary N) is 1. The number of phenols is 1. The van der Waals surface area contributed by atoms with E-state index in [0.29, 0.717) is 37.8 Å². The van der Waals surface area contributed by atoms with Crippen molar-refractivity contribution in [1.82, 2.24) is 5.32 Å². The van der Waals surface area contributed by atoms with Crippen LogP contribution in [0.4, 0.5) is 5.69 Å². The summed E-state index contributed by atoms with van der Waals surface area (Å²) in [7, 11) is 0. The van der Waals surface area contributed by atoms with Crippen molar-refractivity contribution in [3.63, 3.8) is 0 Å². The molecule has 3 atom stereocenters. The minimum Gasteiger partial charge on any atom is -0.506 e. The van der Waals surface area contributed by atoms with Crippen molar-refractivity contribution in [2.45, 2.75) is 69.9 Å². The summed E-state index contributed by atoms with van der Waals surface area (Å²) >= 11 is 0. The first-order valence-electron chi connectivity index (χ1n) is 9.70. The van der Waals surface area contributed by atoms with Crippen LogP contribution >= 0.6 is 0 Å². The Morgan fingerprint density at radius 1 is 1.41 bits per heavy atom. The highest BCUT2D eigenvalue weighted by Gasteiger charge is 2.61. The van der Waals surface area contributed by atoms with E-state index in [1.54, 1.807) is 12.1 Å². The fraction of sp³-hybridized carbons (Fsp3) is 0.571. The number of ketones is 1. The van der Waals surface area contributed by atoms with Gasteiger partial charge >= 0.3 is 0 Å². The summed E-state index contributed by atoms with van der Waals surface area (Å²) in [5.41, 5.74) is -0.794. The Kier molecular flexibility index (Phi) is 6.54. The van der Waals surface area contributed by atoms with Crippen LogP contribution in [-0.2, 0) is 16.6 Å². The lowest BCUT2D eigenvalue weighted by atomic mass is 9.51. The number of benzene rings is 1. The molecule has 0 radical (unpaired) electrons. The van der Waals surface area contributed by atoms with Crippen LogP contribution in [0.25, 0.3) is 0 Å². The van der Waals surface area contributed by atoms with Gasteiger partial charge in [0.1, 0.15) is 11.5 Å². The molecule has 0 saturated heterocycles. The smallest absolute Gasteiger partial charge is 0.153 e. The zero-order valence-electron chi connectivity index (χ0n) is 16.4. The molecule has 6 heteroatoms. The molecule has 148 valence electrons. The standard InChI is InChI=1S/C19H24N2O4.C2H6/c1-3-9-20-15-10-12-5-6-14(23)17(21-25)16(12)18(4-2)11-13(22)7-8-19(15,18)24;1-2/h3,5-6,15,20,23-24H,1,4,7-11H2,2H3;1-2H3/t15?,18-,19?;/m0./s1. The summed E-state index contributed by atoms with van der Waals surface area (Å²) in [4.78, 5) is 23.8. The Bertz CT molecular complexity index is 733. The van der Waals surface area contributed by atoms with Crippen LogP contribution in [0.3, 0.4) is 0 Å². The summed E-state index contributed by atoms with van der Waals surface area (Å²) in [5, 5.41) is 28.2. The van der Waals surface area contributed by atoms with E-state index in [9.17, 15) is 19.9 Å². The maximum atomic E-state index is 12.3. The van der Waals surface area contributed by atoms with Crippen molar-refractivity contribution in [3.8, 4) is 5.75 Å². The average molecular weight is 374 g/mol. The summed E-state index contributed by atoms with van der Waals surface area (Å²) in [6, 6.07) is 2.95. The molecule has 1 saturated carbocycles. The Labute approximate surface area is 160 Å². The van der Waals surface area contributed by atoms with Gasteiger partial charge < -0.3 is 15.5 Å². The molecule has 3 rings (SSSR count). The number of aromatic hydroxyl groups is 1. The third-order valence-electron chi connectivity index (χ3n) is 6.04. The Hall–Kier alpha value is -2.05. The van der Waals surface area contributed by atoms with Gasteiger partial charge in [-0.1, -0.05) is 32.9 Å². The molecule has 0 aliphatic heterocycles. The first-order valence-corrected chi connectivity index (χ1v) is 9.70. The maximum absolute atomic E-state index is 12.3. The lowest BCUT2D eigenvalue weighted by Gasteiger charge is -2.57. The van der Waals surface area contributed by atoms with Gasteiger partial charge in [-0.25, -0.2) is 0 Å². The van der Waals surface area contributed by atoms with Crippen LogP contribution in [0.15, 0.2) is 30.0 Å². The minimum atomic E-state index is -1.20. The molecular formula is C21H30N2O4. The van der Waals surface area contributed by atoms with Gasteiger partial charge in [-0.15, -0.1) is 11.5 Å². The van der Waals surface area contributed by atoms with Crippen LogP contribution in [0.2, 0.25) is 0 Å². The summed E-state index contributed by atoms with van der Waals surface area (Å²) in [5.74, 6) is -0.151. The predicted octanol–water partition coefficient (Wildman–Crippen LogP) is 3.65. The lowest BCUT2D eigenvalue weighted by molar-refractivity contribution is -0.142. The molecule has 0 heterocycles. The number of carbonyl (C=O) groups is 1. The molecule has 3 N–H and O–H groups in total. The molecule has 2 aliphatic carbocycles. The SMILES string of the molecule is C=CCNC1Cc2ccc(O)c(N=O)c2[C@]2(CC)CC(=O)CCC12O.CC. The van der Waals surface area contributed by atoms with Crippen molar-refractivity contribution in [3.05, 3.63) is 40.8 Å². The number of hydrogen-bond acceptors (Lipinski definition) is 6. The van der Waals surface area contributed by atoms with Crippen molar-refractivity contribution < 1.29 is 15.0 Å². The maximum Gasteiger partial charge on any atom is 0.153 e. The molecule has 0 bridgehead atoms. The second-order valence-electron chi connectivity index (χ2n) is 7.09. The van der Waals surface area contributed by atoms with Gasteiger partial charge in [-0.05, 0) is 41.6 Å². The number of nitroso groups, excluding NO2 is 1. The van der Waals surface area contributed by atoms with Crippen LogP contribution in [-0.4, -0.2) is 34.2 Å². The van der Waals surface area contributed by atoms with Gasteiger partial charge in [0.15, 0.2) is 5.69 Å². The minimum absolute atomic E-state index is 0.0466. The van der Waals surface area contributed by atoms with E-state index in [4.69, 9.17) is 0 Å². The molecule has 1 fully saturated rings. The summed E-state index contributed by atoms with van der Waals surface area (Å²) < 4.78 is 0. The number of nitrogens with zero attached hydrogens (tertiary/aromatic N) is 1. The van der Waals surface area contributed by atoms with Crippen LogP contribution in [0, 0.1) is 4.91 Å². The molecule has 27 heavy (non-hydrogen) atoms. The number of aliphatic hydroxyl groups is 1. The number of fused-ring (bicyclic) bond motifs is 3. The van der Waals surface area contributed by atoms with Crippen molar-refractivity contribution in [2.75, 3.05) is 6.54 Å². The van der Waals surface area contributed by atoms with Crippen LogP contribution in [0.1, 0.15) is 57.6 Å². The average Bonchev–Trinajstić information content (AvgIpc) is 2.69. The zero-order chi connectivity index (χ0) is 20.2. The van der Waals surface area contributed by atoms with E-state index in [1.807, 2.05) is 20.8 Å². The van der Waals surface area contributed by atoms with Gasteiger partial charge in [0.2, 0.25) is 0 Å². The number of phenolic OH excluding ortho intramolecular Hbond substituents is 1. The summed E-state index contributed by atoms with van der Waals surface area (Å²) in [6.07, 6.45) is 3.48. The number of carbonyl (C=O) groups excluding carboxylic acids is 1. The third kappa shape index (κ3) is 3.21. The van der Waals surface area contributed by atoms with E-state index in [1.165, 1.54) is 6.07 Å². The molecule has 1 aromatic rings. The number of Topliss-reactive ketones (excluding diaryl/α,β-unsaturated/α-hetero) is 1. The van der Waals surface area contributed by atoms with Gasteiger partial charge in [-0.2, -0.15) is 0 Å². The second kappa shape index (κ2) is 8.31. The van der Waals surface area contributed by atoms with E-state index in [2.05, 4.69) is 17.1 Å². The first kappa shape index (κ1) is 21.3. The highest BCUT2D eigenvalue weighted by Crippen LogP contribution is 2.57. The van der Waals surface area contributed by atoms with Crippen molar-refractivity contribution in [1.29, 1.82) is 0 Å². The summed E-state index contributed by atoms with van der Waals surface area (Å²) in [6.45, 7) is 10.2. The van der Waals surface area contributed by atoms with Gasteiger partial charge in [0, 0.05) is 30.8 Å². The van der Waals surface area contributed by atoms with Crippen molar-refractivity contribution in [2.24, 2.45) is 5.18 Å². The van der Waals surface area contributed by atoms with Crippen LogP contribution < -0.4 is 5.32 Å². The molecule has 0 aromatic heterocycles. The fourth-order valence-electron chi connectivity index (χ4n) is 4.84. The largest absolute Gasteiger partial charge is 0.506 e. The lowest BCUT2D eigenvalue weighted by Crippen LogP contribution is -2.68. The van der Waals surface area contributed by atoms with Gasteiger partial charge in [-0.3, -0.25) is 4.79 Å². The van der Waals surface area contributed by atoms with E-state index in [0.717, 1.165) is 5.56 Å². The number of hydrogen-bond donors (Lipinski definition) is 3. The highest BCUT2D eigenvalue weighted by atomic mass is 16.3. The van der Waals surface area contributed by atoms with Gasteiger partial charge in [0.05, 0.1) is 5.60 Å². The Morgan fingerprint density at radius 2 is 2.11 bits per heavy atom. The van der Waals surface area contributed by atoms with Gasteiger partial charge in [0.25, 0.3) is 0 Å². The molecule has 2 aliphatic rings. The normalized spacial score (nSPS) is 29.0. The van der Waals surface area contributed by atoms with E-state index >= 15 is 0 Å². The zero-order valence-corrected chi connectivity index (χ0v) is 16.4. The fourth-order valence-corrected chi connectivity index (χ4v) is 4.84. The molecule has 1 aromatic carbocycles. The molecular weight excluding hydrogens is 344 g/mol. The quantitative estimate of drug-likeness (QED) is 0.540.